The Morgan fingerprint density at radius 1 is 1.60 bits per heavy atom. The normalized spacial score (nSPS) is 22.6. The van der Waals surface area contributed by atoms with Crippen LogP contribution in [0.2, 0.25) is 0 Å². The van der Waals surface area contributed by atoms with E-state index < -0.39 is 0 Å². The molecule has 1 fully saturated rings. The predicted octanol–water partition coefficient (Wildman–Crippen LogP) is 3.45. The third-order valence-electron chi connectivity index (χ3n) is 3.29. The molecule has 0 amide bonds. The highest BCUT2D eigenvalue weighted by atomic mass is 32.2. The van der Waals surface area contributed by atoms with Crippen LogP contribution in [-0.4, -0.2) is 37.6 Å². The third kappa shape index (κ3) is 3.17. The summed E-state index contributed by atoms with van der Waals surface area (Å²) < 4.78 is 6.76. The van der Waals surface area contributed by atoms with Crippen molar-refractivity contribution >= 4 is 34.5 Å². The fraction of sp³-hybridized carbons (Fsp3) is 0.571. The van der Waals surface area contributed by atoms with Gasteiger partial charge in [-0.25, -0.2) is 0 Å². The molecule has 0 radical (unpaired) electrons. The van der Waals surface area contributed by atoms with E-state index in [4.69, 9.17) is 16.6 Å². The lowest BCUT2D eigenvalue weighted by molar-refractivity contribution is -0.524. The van der Waals surface area contributed by atoms with E-state index in [1.807, 2.05) is 4.90 Å². The Kier molecular flexibility index (Phi) is 4.75. The lowest BCUT2D eigenvalue weighted by Crippen LogP contribution is -2.48. The smallest absolute Gasteiger partial charge is 0.254 e. The summed E-state index contributed by atoms with van der Waals surface area (Å²) in [5, 5.41) is 12.5. The maximum atomic E-state index is 12.5. The van der Waals surface area contributed by atoms with Gasteiger partial charge in [0.1, 0.15) is 9.07 Å². The monoisotopic (exact) mass is 312 g/mol. The number of hydrogen-bond acceptors (Lipinski definition) is 4. The van der Waals surface area contributed by atoms with Crippen molar-refractivity contribution in [2.75, 3.05) is 6.54 Å². The number of thioether (sulfide) groups is 1. The quantitative estimate of drug-likeness (QED) is 0.274. The minimum Gasteiger partial charge on any atom is -0.622 e. The molecule has 4 nitrogen and oxygen atoms in total. The van der Waals surface area contributed by atoms with Gasteiger partial charge in [0.05, 0.1) is 6.26 Å². The summed E-state index contributed by atoms with van der Waals surface area (Å²) in [6.07, 6.45) is 4.88. The van der Waals surface area contributed by atoms with Gasteiger partial charge in [0.2, 0.25) is 6.21 Å². The predicted molar refractivity (Wildman–Crippen MR) is 87.2 cm³/mol. The maximum absolute atomic E-state index is 12.5. The van der Waals surface area contributed by atoms with E-state index in [0.717, 1.165) is 28.4 Å². The highest BCUT2D eigenvalue weighted by Crippen LogP contribution is 2.41. The van der Waals surface area contributed by atoms with E-state index >= 15 is 0 Å². The molecular formula is C14H20N2O2S2. The topological polar surface area (TPSA) is 42.5 Å². The van der Waals surface area contributed by atoms with Gasteiger partial charge in [0.25, 0.3) is 6.17 Å². The van der Waals surface area contributed by atoms with Gasteiger partial charge in [-0.15, -0.1) is 0 Å². The highest BCUT2D eigenvalue weighted by molar-refractivity contribution is 8.24. The third-order valence-corrected chi connectivity index (χ3v) is 4.92. The van der Waals surface area contributed by atoms with Crippen molar-refractivity contribution in [3.05, 3.63) is 29.4 Å². The van der Waals surface area contributed by atoms with Crippen molar-refractivity contribution in [2.45, 2.75) is 44.5 Å². The molecule has 2 rings (SSSR count). The van der Waals surface area contributed by atoms with Crippen molar-refractivity contribution < 1.29 is 9.16 Å². The summed E-state index contributed by atoms with van der Waals surface area (Å²) in [5.41, 5.74) is 0. The average molecular weight is 312 g/mol. The molecule has 1 unspecified atom stereocenters. The molecule has 1 aliphatic heterocycles. The minimum absolute atomic E-state index is 0.240. The summed E-state index contributed by atoms with van der Waals surface area (Å²) in [4.78, 5) is 2.04. The van der Waals surface area contributed by atoms with Crippen LogP contribution in [-0.2, 0) is 0 Å². The van der Waals surface area contributed by atoms with E-state index in [2.05, 4.69) is 20.8 Å². The second-order valence-corrected chi connectivity index (χ2v) is 7.68. The van der Waals surface area contributed by atoms with E-state index in [1.165, 1.54) is 6.21 Å². The number of nitrogens with zero attached hydrogens (tertiary/aromatic N) is 2. The molecule has 0 saturated carbocycles. The number of unbranched alkanes of at least 4 members (excludes halogenated alkanes) is 1. The molecule has 2 heterocycles. The number of thiocarbonyl (C=S) groups is 1. The first-order valence-electron chi connectivity index (χ1n) is 6.79. The second kappa shape index (κ2) is 6.18. The minimum atomic E-state index is -0.295. The van der Waals surface area contributed by atoms with Crippen LogP contribution in [0.5, 0.6) is 0 Å². The van der Waals surface area contributed by atoms with E-state index in [1.54, 1.807) is 30.2 Å². The molecule has 1 aromatic rings. The van der Waals surface area contributed by atoms with Gasteiger partial charge in [-0.2, -0.15) is 4.74 Å². The van der Waals surface area contributed by atoms with E-state index in [9.17, 15) is 5.21 Å². The summed E-state index contributed by atoms with van der Waals surface area (Å²) in [6.45, 7) is 7.07. The Morgan fingerprint density at radius 2 is 2.35 bits per heavy atom. The molecule has 0 aromatic carbocycles. The van der Waals surface area contributed by atoms with Crippen molar-refractivity contribution in [3.63, 3.8) is 0 Å². The molecule has 1 atom stereocenters. The van der Waals surface area contributed by atoms with Crippen LogP contribution in [0.15, 0.2) is 22.8 Å². The molecule has 1 aromatic heterocycles. The van der Waals surface area contributed by atoms with Crippen LogP contribution in [0, 0.1) is 5.21 Å². The van der Waals surface area contributed by atoms with Crippen LogP contribution >= 0.6 is 24.0 Å². The summed E-state index contributed by atoms with van der Waals surface area (Å²) >= 11 is 7.03. The molecular weight excluding hydrogens is 292 g/mol. The fourth-order valence-corrected chi connectivity index (χ4v) is 4.29. The Balaban J connectivity index is 2.26. The number of hydrogen-bond donors (Lipinski definition) is 0. The van der Waals surface area contributed by atoms with Crippen molar-refractivity contribution in [1.82, 2.24) is 4.90 Å². The average Bonchev–Trinajstić information content (AvgIpc) is 2.92. The van der Waals surface area contributed by atoms with Crippen LogP contribution in [0.3, 0.4) is 0 Å². The van der Waals surface area contributed by atoms with E-state index in [-0.39, 0.29) is 10.9 Å². The van der Waals surface area contributed by atoms with Gasteiger partial charge in [-0.3, -0.25) is 4.90 Å². The number of rotatable bonds is 5. The van der Waals surface area contributed by atoms with Gasteiger partial charge >= 0.3 is 0 Å². The lowest BCUT2D eigenvalue weighted by Gasteiger charge is -2.29. The Morgan fingerprint density at radius 3 is 2.95 bits per heavy atom. The van der Waals surface area contributed by atoms with Gasteiger partial charge < -0.3 is 9.62 Å². The SMILES string of the molecule is CCCCN1C(=S)SC(C)(C)C1/[N+]([O-])=C/c1ccco1. The molecule has 110 valence electrons. The Hall–Kier alpha value is -1.01. The van der Waals surface area contributed by atoms with Crippen LogP contribution < -0.4 is 0 Å². The first-order chi connectivity index (χ1) is 9.45. The molecule has 0 bridgehead atoms. The van der Waals surface area contributed by atoms with Crippen molar-refractivity contribution in [3.8, 4) is 0 Å². The van der Waals surface area contributed by atoms with Gasteiger partial charge in [0.15, 0.2) is 5.76 Å². The summed E-state index contributed by atoms with van der Waals surface area (Å²) in [7, 11) is 0. The van der Waals surface area contributed by atoms with Crippen LogP contribution in [0.25, 0.3) is 0 Å². The first kappa shape index (κ1) is 15.4. The molecule has 0 N–H and O–H groups in total. The molecule has 0 spiro atoms. The van der Waals surface area contributed by atoms with E-state index in [0.29, 0.717) is 5.76 Å². The Labute approximate surface area is 129 Å². The zero-order chi connectivity index (χ0) is 14.8. The first-order valence-corrected chi connectivity index (χ1v) is 8.01. The summed E-state index contributed by atoms with van der Waals surface area (Å²) in [6, 6.07) is 3.54. The zero-order valence-electron chi connectivity index (χ0n) is 12.0. The second-order valence-electron chi connectivity index (χ2n) is 5.40. The van der Waals surface area contributed by atoms with Crippen molar-refractivity contribution in [1.29, 1.82) is 0 Å². The summed E-state index contributed by atoms with van der Waals surface area (Å²) in [5.74, 6) is 0.564. The van der Waals surface area contributed by atoms with Crippen LogP contribution in [0.1, 0.15) is 39.4 Å². The van der Waals surface area contributed by atoms with Crippen molar-refractivity contribution in [2.24, 2.45) is 0 Å². The number of furan rings is 1. The van der Waals surface area contributed by atoms with Crippen LogP contribution in [0.4, 0.5) is 0 Å². The van der Waals surface area contributed by atoms with Gasteiger partial charge in [-0.1, -0.05) is 37.3 Å². The molecule has 1 aliphatic rings. The lowest BCUT2D eigenvalue weighted by atomic mass is 10.1. The fourth-order valence-electron chi connectivity index (χ4n) is 2.36. The highest BCUT2D eigenvalue weighted by Gasteiger charge is 2.50. The maximum Gasteiger partial charge on any atom is 0.254 e. The molecule has 6 heteroatoms. The largest absolute Gasteiger partial charge is 0.622 e. The zero-order valence-corrected chi connectivity index (χ0v) is 13.7. The molecule has 20 heavy (non-hydrogen) atoms. The molecule has 0 aliphatic carbocycles. The standard InChI is InChI=1S/C14H20N2O2S2/c1-4-5-8-15-12(14(2,3)20-13(15)19)16(17)10-11-7-6-9-18-11/h6-7,9-10,12H,4-5,8H2,1-3H3/b16-10-. The van der Waals surface area contributed by atoms with Gasteiger partial charge in [-0.05, 0) is 32.4 Å². The van der Waals surface area contributed by atoms with Gasteiger partial charge in [0, 0.05) is 6.54 Å². The number of hydroxylamine groups is 1. The Bertz CT molecular complexity index is 497. The molecule has 1 saturated heterocycles.